The van der Waals surface area contributed by atoms with Crippen molar-refractivity contribution in [1.29, 1.82) is 0 Å². The smallest absolute Gasteiger partial charge is 0.390 e. The lowest BCUT2D eigenvalue weighted by Gasteiger charge is -2.35. The molecule has 210 valence electrons. The van der Waals surface area contributed by atoms with Gasteiger partial charge in [-0.2, -0.15) is 13.2 Å². The molecule has 5 heterocycles. The summed E-state index contributed by atoms with van der Waals surface area (Å²) >= 11 is 0. The van der Waals surface area contributed by atoms with Crippen LogP contribution in [-0.4, -0.2) is 78.9 Å². The van der Waals surface area contributed by atoms with Crippen LogP contribution in [0.4, 0.5) is 35.3 Å². The van der Waals surface area contributed by atoms with Crippen molar-refractivity contribution >= 4 is 29.3 Å². The molecule has 2 N–H and O–H groups in total. The average molecular weight is 551 g/mol. The van der Waals surface area contributed by atoms with Gasteiger partial charge in [0.15, 0.2) is 11.6 Å². The normalized spacial score (nSPS) is 21.5. The van der Waals surface area contributed by atoms with Crippen LogP contribution in [0.2, 0.25) is 0 Å². The van der Waals surface area contributed by atoms with E-state index in [4.69, 9.17) is 14.2 Å². The van der Waals surface area contributed by atoms with Gasteiger partial charge in [0.25, 0.3) is 5.91 Å². The maximum Gasteiger partial charge on any atom is 0.390 e. The van der Waals surface area contributed by atoms with E-state index in [-0.39, 0.29) is 36.1 Å². The quantitative estimate of drug-likeness (QED) is 0.539. The van der Waals surface area contributed by atoms with E-state index in [0.29, 0.717) is 37.6 Å². The number of hydrogen-bond acceptors (Lipinski definition) is 8. The molecule has 11 nitrogen and oxygen atoms in total. The molecular formula is C25H29F3N6O5. The molecule has 39 heavy (non-hydrogen) atoms. The minimum Gasteiger partial charge on any atom is -0.491 e. The first kappa shape index (κ1) is 26.9. The van der Waals surface area contributed by atoms with E-state index >= 15 is 0 Å². The van der Waals surface area contributed by atoms with Gasteiger partial charge in [-0.25, -0.2) is 14.8 Å². The van der Waals surface area contributed by atoms with Gasteiger partial charge in [-0.05, 0) is 38.5 Å². The van der Waals surface area contributed by atoms with Gasteiger partial charge in [0.05, 0.1) is 24.8 Å². The SMILES string of the molecule is CC1(C)OC[C@H](COc2ccnc(NC(=O)N3c4nc(C(=O)NCCC(F)(F)F)ccc4N4CC[C@H]3C4)c2)O1. The molecule has 3 aliphatic rings. The Kier molecular flexibility index (Phi) is 7.25. The summed E-state index contributed by atoms with van der Waals surface area (Å²) in [4.78, 5) is 38.0. The van der Waals surface area contributed by atoms with Crippen molar-refractivity contribution in [2.75, 3.05) is 48.0 Å². The van der Waals surface area contributed by atoms with Crippen molar-refractivity contribution in [1.82, 2.24) is 15.3 Å². The number of nitrogens with one attached hydrogen (secondary N) is 2. The Morgan fingerprint density at radius 2 is 2.08 bits per heavy atom. The summed E-state index contributed by atoms with van der Waals surface area (Å²) in [7, 11) is 0. The van der Waals surface area contributed by atoms with Gasteiger partial charge in [-0.1, -0.05) is 0 Å². The third-order valence-electron chi connectivity index (χ3n) is 6.57. The summed E-state index contributed by atoms with van der Waals surface area (Å²) in [5.41, 5.74) is 0.587. The predicted octanol–water partition coefficient (Wildman–Crippen LogP) is 3.32. The molecule has 2 aromatic rings. The number of aromatic nitrogens is 2. The van der Waals surface area contributed by atoms with Crippen molar-refractivity contribution in [3.05, 3.63) is 36.2 Å². The fourth-order valence-electron chi connectivity index (χ4n) is 4.78. The van der Waals surface area contributed by atoms with Crippen molar-refractivity contribution in [3.63, 3.8) is 0 Å². The largest absolute Gasteiger partial charge is 0.491 e. The first-order valence-electron chi connectivity index (χ1n) is 12.6. The standard InChI is InChI=1S/C25H29F3N6O5/c1-24(2)38-14-17(39-24)13-37-16-5-8-29-20(11-16)32-23(36)34-15-6-10-33(12-15)19-4-3-18(31-21(19)34)22(35)30-9-7-25(26,27)28/h3-5,8,11,15,17H,6-7,9-10,12-14H2,1-2H3,(H,30,35)(H,29,32,36)/t15-,17-/m0/s1. The van der Waals surface area contributed by atoms with Crippen LogP contribution in [0.1, 0.15) is 37.2 Å². The van der Waals surface area contributed by atoms with E-state index < -0.39 is 36.9 Å². The summed E-state index contributed by atoms with van der Waals surface area (Å²) in [6.45, 7) is 5.05. The van der Waals surface area contributed by atoms with Crippen LogP contribution in [0.3, 0.4) is 0 Å². The number of hydrogen-bond donors (Lipinski definition) is 2. The summed E-state index contributed by atoms with van der Waals surface area (Å²) < 4.78 is 54.5. The molecule has 2 fully saturated rings. The number of carbonyl (C=O) groups excluding carboxylic acids is 2. The lowest BCUT2D eigenvalue weighted by molar-refractivity contribution is -0.141. The zero-order valence-electron chi connectivity index (χ0n) is 21.5. The van der Waals surface area contributed by atoms with Crippen LogP contribution in [0.25, 0.3) is 0 Å². The Morgan fingerprint density at radius 3 is 2.82 bits per heavy atom. The number of alkyl halides is 3. The first-order valence-corrected chi connectivity index (χ1v) is 12.6. The molecule has 0 aromatic carbocycles. The maximum atomic E-state index is 13.4. The number of ether oxygens (including phenoxy) is 3. The molecule has 0 unspecified atom stereocenters. The zero-order chi connectivity index (χ0) is 27.8. The highest BCUT2D eigenvalue weighted by Gasteiger charge is 2.41. The number of nitrogens with zero attached hydrogens (tertiary/aromatic N) is 4. The molecule has 3 amide bonds. The Morgan fingerprint density at radius 1 is 1.26 bits per heavy atom. The molecule has 3 aliphatic heterocycles. The molecule has 2 aromatic heterocycles. The van der Waals surface area contributed by atoms with Gasteiger partial charge in [-0.3, -0.25) is 15.0 Å². The molecule has 0 radical (unpaired) electrons. The van der Waals surface area contributed by atoms with Crippen molar-refractivity contribution in [2.45, 2.75) is 50.8 Å². The third kappa shape index (κ3) is 6.33. The number of rotatable bonds is 7. The van der Waals surface area contributed by atoms with Crippen LogP contribution in [-0.2, 0) is 9.47 Å². The Labute approximate surface area is 222 Å². The second-order valence-corrected chi connectivity index (χ2v) is 9.99. The molecule has 2 saturated heterocycles. The van der Waals surface area contributed by atoms with Crippen molar-refractivity contribution in [3.8, 4) is 5.75 Å². The van der Waals surface area contributed by atoms with E-state index in [1.54, 1.807) is 18.2 Å². The molecule has 0 aliphatic carbocycles. The van der Waals surface area contributed by atoms with Crippen LogP contribution in [0.15, 0.2) is 30.5 Å². The average Bonchev–Trinajstić information content (AvgIpc) is 3.45. The van der Waals surface area contributed by atoms with Crippen LogP contribution >= 0.6 is 0 Å². The highest BCUT2D eigenvalue weighted by molar-refractivity contribution is 6.05. The number of amides is 3. The molecule has 14 heteroatoms. The van der Waals surface area contributed by atoms with Crippen LogP contribution in [0, 0.1) is 0 Å². The molecule has 5 rings (SSSR count). The number of halogens is 3. The Hall–Kier alpha value is -3.65. The zero-order valence-corrected chi connectivity index (χ0v) is 21.5. The van der Waals surface area contributed by atoms with E-state index in [1.807, 2.05) is 13.8 Å². The highest BCUT2D eigenvalue weighted by atomic mass is 19.4. The third-order valence-corrected chi connectivity index (χ3v) is 6.57. The lowest BCUT2D eigenvalue weighted by Crippen LogP contribution is -2.48. The summed E-state index contributed by atoms with van der Waals surface area (Å²) in [6.07, 6.45) is -3.57. The highest BCUT2D eigenvalue weighted by Crippen LogP contribution is 2.39. The summed E-state index contributed by atoms with van der Waals surface area (Å²) in [5, 5.41) is 5.00. The van der Waals surface area contributed by atoms with Gasteiger partial charge in [0, 0.05) is 31.9 Å². The van der Waals surface area contributed by atoms with Gasteiger partial charge >= 0.3 is 12.2 Å². The number of pyridine rings is 2. The molecule has 2 atom stereocenters. The number of fused-ring (bicyclic) bond motifs is 4. The van der Waals surface area contributed by atoms with Gasteiger partial charge in [0.1, 0.15) is 30.0 Å². The second kappa shape index (κ2) is 10.5. The van der Waals surface area contributed by atoms with E-state index in [1.165, 1.54) is 17.2 Å². The number of anilines is 3. The molecule has 2 bridgehead atoms. The minimum atomic E-state index is -4.39. The monoisotopic (exact) mass is 550 g/mol. The van der Waals surface area contributed by atoms with Crippen LogP contribution < -0.4 is 25.2 Å². The van der Waals surface area contributed by atoms with E-state index in [2.05, 4.69) is 25.5 Å². The van der Waals surface area contributed by atoms with Gasteiger partial charge < -0.3 is 24.4 Å². The predicted molar refractivity (Wildman–Crippen MR) is 134 cm³/mol. The lowest BCUT2D eigenvalue weighted by atomic mass is 10.1. The summed E-state index contributed by atoms with van der Waals surface area (Å²) in [5.74, 6) is -0.413. The van der Waals surface area contributed by atoms with Crippen LogP contribution in [0.5, 0.6) is 5.75 Å². The van der Waals surface area contributed by atoms with E-state index in [9.17, 15) is 22.8 Å². The first-order chi connectivity index (χ1) is 18.5. The fourth-order valence-corrected chi connectivity index (χ4v) is 4.78. The number of carbonyl (C=O) groups is 2. The minimum absolute atomic E-state index is 0.0777. The Balaban J connectivity index is 1.28. The topological polar surface area (TPSA) is 118 Å². The Bertz CT molecular complexity index is 1240. The summed E-state index contributed by atoms with van der Waals surface area (Å²) in [6, 6.07) is 5.65. The molecule has 0 saturated carbocycles. The number of urea groups is 1. The van der Waals surface area contributed by atoms with Gasteiger partial charge in [0.2, 0.25) is 0 Å². The second-order valence-electron chi connectivity index (χ2n) is 9.99. The van der Waals surface area contributed by atoms with Crippen molar-refractivity contribution < 1.29 is 37.0 Å². The fraction of sp³-hybridized carbons (Fsp3) is 0.520. The molecular weight excluding hydrogens is 521 g/mol. The maximum absolute atomic E-state index is 13.4. The van der Waals surface area contributed by atoms with Crippen molar-refractivity contribution in [2.24, 2.45) is 0 Å². The van der Waals surface area contributed by atoms with E-state index in [0.717, 1.165) is 0 Å². The van der Waals surface area contributed by atoms with Gasteiger partial charge in [-0.15, -0.1) is 0 Å². The molecule has 0 spiro atoms.